The Morgan fingerprint density at radius 2 is 1.78 bits per heavy atom. The number of anilines is 1. The molecule has 0 saturated carbocycles. The van der Waals surface area contributed by atoms with E-state index in [2.05, 4.69) is 22.9 Å². The molecule has 1 heterocycles. The Kier molecular flexibility index (Phi) is 7.91. The maximum atomic E-state index is 13.8. The zero-order chi connectivity index (χ0) is 26.7. The number of nitrogens with one attached hydrogen (secondary N) is 1. The van der Waals surface area contributed by atoms with Crippen molar-refractivity contribution >= 4 is 47.4 Å². The average molecular weight is 547 g/mol. The maximum absolute atomic E-state index is 13.8. The highest BCUT2D eigenvalue weighted by atomic mass is 35.5. The number of hydrogen-bond donors (Lipinski definition) is 3. The monoisotopic (exact) mass is 546 g/mol. The van der Waals surface area contributed by atoms with Gasteiger partial charge >= 0.3 is 6.18 Å². The molecule has 3 aromatic rings. The molecular weight excluding hydrogens is 525 g/mol. The Morgan fingerprint density at radius 1 is 1.11 bits per heavy atom. The molecule has 0 spiro atoms. The second kappa shape index (κ2) is 11.0. The molecule has 1 aliphatic heterocycles. The Bertz CT molecular complexity index is 1330. The third kappa shape index (κ3) is 5.98. The van der Waals surface area contributed by atoms with E-state index in [1.54, 1.807) is 42.5 Å². The number of halogens is 4. The number of benzene rings is 3. The number of carbonyl (C=O) groups excluding carboxylic acids is 2. The topological polar surface area (TPSA) is 87.8 Å². The standard InChI is InChI=1S/C26H22ClF3N4O2S/c27-18-10-11-21-19(12-18)22(16-4-2-1-3-5-16)32-23(33-24(35)20(31)14-37)25(36)34(21)13-15-6-8-17(9-7-15)26(28,29)30/h1-12,20,23,37H,13-14,31H2,(H,33,35)/t20-,23+/m0/s1. The number of amides is 2. The summed E-state index contributed by atoms with van der Waals surface area (Å²) in [5, 5.41) is 2.97. The van der Waals surface area contributed by atoms with Crippen LogP contribution in [0.4, 0.5) is 18.9 Å². The number of carbonyl (C=O) groups is 2. The van der Waals surface area contributed by atoms with Gasteiger partial charge in [-0.2, -0.15) is 25.8 Å². The van der Waals surface area contributed by atoms with Crippen LogP contribution in [0.2, 0.25) is 5.02 Å². The van der Waals surface area contributed by atoms with Crippen molar-refractivity contribution in [2.24, 2.45) is 10.7 Å². The van der Waals surface area contributed by atoms with Crippen molar-refractivity contribution in [3.05, 3.63) is 100 Å². The van der Waals surface area contributed by atoms with Gasteiger partial charge in [0.1, 0.15) is 0 Å². The van der Waals surface area contributed by atoms with Crippen molar-refractivity contribution in [1.29, 1.82) is 0 Å². The van der Waals surface area contributed by atoms with Crippen molar-refractivity contribution in [1.82, 2.24) is 5.32 Å². The molecule has 37 heavy (non-hydrogen) atoms. The van der Waals surface area contributed by atoms with Crippen LogP contribution < -0.4 is 16.0 Å². The van der Waals surface area contributed by atoms with Crippen LogP contribution in [0.5, 0.6) is 0 Å². The third-order valence-electron chi connectivity index (χ3n) is 5.74. The number of benzodiazepines with no additional fused rings is 1. The van der Waals surface area contributed by atoms with Crippen molar-refractivity contribution in [2.45, 2.75) is 24.9 Å². The van der Waals surface area contributed by atoms with Gasteiger partial charge < -0.3 is 16.0 Å². The summed E-state index contributed by atoms with van der Waals surface area (Å²) in [5.41, 5.74) is 7.49. The Balaban J connectivity index is 1.82. The lowest BCUT2D eigenvalue weighted by atomic mass is 10.00. The largest absolute Gasteiger partial charge is 0.416 e. The summed E-state index contributed by atoms with van der Waals surface area (Å²) < 4.78 is 39.2. The van der Waals surface area contributed by atoms with Crippen LogP contribution in [-0.2, 0) is 22.3 Å². The van der Waals surface area contributed by atoms with Gasteiger partial charge in [0.25, 0.3) is 5.91 Å². The summed E-state index contributed by atoms with van der Waals surface area (Å²) in [6.45, 7) is -0.0752. The van der Waals surface area contributed by atoms with E-state index in [9.17, 15) is 22.8 Å². The normalized spacial score (nSPS) is 16.5. The van der Waals surface area contributed by atoms with Crippen LogP contribution in [-0.4, -0.2) is 35.5 Å². The summed E-state index contributed by atoms with van der Waals surface area (Å²) in [4.78, 5) is 32.4. The van der Waals surface area contributed by atoms with E-state index in [1.807, 2.05) is 6.07 Å². The van der Waals surface area contributed by atoms with Gasteiger partial charge in [-0.1, -0.05) is 54.1 Å². The molecule has 0 aliphatic carbocycles. The van der Waals surface area contributed by atoms with E-state index in [-0.39, 0.29) is 12.3 Å². The van der Waals surface area contributed by atoms with Crippen LogP contribution in [0.15, 0.2) is 77.8 Å². The highest BCUT2D eigenvalue weighted by Gasteiger charge is 2.34. The van der Waals surface area contributed by atoms with Gasteiger partial charge in [0.05, 0.1) is 29.5 Å². The van der Waals surface area contributed by atoms with E-state index in [0.29, 0.717) is 33.1 Å². The van der Waals surface area contributed by atoms with Crippen molar-refractivity contribution in [2.75, 3.05) is 10.7 Å². The van der Waals surface area contributed by atoms with Gasteiger partial charge in [-0.15, -0.1) is 0 Å². The minimum Gasteiger partial charge on any atom is -0.325 e. The first kappa shape index (κ1) is 26.7. The fourth-order valence-electron chi connectivity index (χ4n) is 3.84. The van der Waals surface area contributed by atoms with Gasteiger partial charge in [-0.3, -0.25) is 9.59 Å². The smallest absolute Gasteiger partial charge is 0.325 e. The summed E-state index contributed by atoms with van der Waals surface area (Å²) in [7, 11) is 0. The lowest BCUT2D eigenvalue weighted by molar-refractivity contribution is -0.137. The molecule has 0 radical (unpaired) electrons. The fourth-order valence-corrected chi connectivity index (χ4v) is 4.18. The molecule has 3 aromatic carbocycles. The number of alkyl halides is 3. The zero-order valence-electron chi connectivity index (χ0n) is 19.2. The van der Waals surface area contributed by atoms with E-state index in [0.717, 1.165) is 12.1 Å². The van der Waals surface area contributed by atoms with Crippen LogP contribution in [0.1, 0.15) is 22.3 Å². The van der Waals surface area contributed by atoms with Gasteiger partial charge in [0.15, 0.2) is 0 Å². The SMILES string of the molecule is N[C@@H](CS)C(=O)N[C@H]1N=C(c2ccccc2)c2cc(Cl)ccc2N(Cc2ccc(C(F)(F)F)cc2)C1=O. The molecule has 6 nitrogen and oxygen atoms in total. The van der Waals surface area contributed by atoms with Gasteiger partial charge in [0.2, 0.25) is 12.1 Å². The third-order valence-corrected chi connectivity index (χ3v) is 6.37. The fraction of sp³-hybridized carbons (Fsp3) is 0.192. The highest BCUT2D eigenvalue weighted by molar-refractivity contribution is 7.80. The molecule has 2 atom stereocenters. The number of nitrogens with zero attached hydrogens (tertiary/aromatic N) is 2. The molecule has 3 N–H and O–H groups in total. The molecule has 0 unspecified atom stereocenters. The predicted molar refractivity (Wildman–Crippen MR) is 140 cm³/mol. The van der Waals surface area contributed by atoms with Crippen LogP contribution in [0.25, 0.3) is 0 Å². The minimum absolute atomic E-state index is 0.0487. The molecule has 1 aliphatic rings. The van der Waals surface area contributed by atoms with Crippen molar-refractivity contribution in [3.8, 4) is 0 Å². The molecule has 11 heteroatoms. The van der Waals surface area contributed by atoms with E-state index < -0.39 is 35.8 Å². The number of nitrogens with two attached hydrogens (primary N) is 1. The molecule has 0 saturated heterocycles. The first-order valence-corrected chi connectivity index (χ1v) is 12.2. The number of fused-ring (bicyclic) bond motifs is 1. The minimum atomic E-state index is -4.49. The second-order valence-corrected chi connectivity index (χ2v) is 9.13. The molecule has 192 valence electrons. The Morgan fingerprint density at radius 3 is 2.41 bits per heavy atom. The summed E-state index contributed by atoms with van der Waals surface area (Å²) in [6.07, 6.45) is -5.84. The Labute approximate surface area is 221 Å². The Hall–Kier alpha value is -3.34. The number of thiol groups is 1. The van der Waals surface area contributed by atoms with Crippen molar-refractivity contribution in [3.63, 3.8) is 0 Å². The zero-order valence-corrected chi connectivity index (χ0v) is 20.9. The first-order chi connectivity index (χ1) is 17.6. The average Bonchev–Trinajstić information content (AvgIpc) is 2.98. The van der Waals surface area contributed by atoms with Gasteiger partial charge in [-0.25, -0.2) is 4.99 Å². The van der Waals surface area contributed by atoms with Crippen LogP contribution >= 0.6 is 24.2 Å². The molecule has 0 bridgehead atoms. The van der Waals surface area contributed by atoms with Crippen molar-refractivity contribution < 1.29 is 22.8 Å². The quantitative estimate of drug-likeness (QED) is 0.399. The van der Waals surface area contributed by atoms with Crippen LogP contribution in [0, 0.1) is 0 Å². The summed E-state index contributed by atoms with van der Waals surface area (Å²) in [5.74, 6) is -1.16. The summed E-state index contributed by atoms with van der Waals surface area (Å²) >= 11 is 10.4. The molecule has 2 amide bonds. The van der Waals surface area contributed by atoms with Gasteiger partial charge in [0, 0.05) is 21.9 Å². The molecular formula is C26H22ClF3N4O2S. The molecule has 0 aromatic heterocycles. The lowest BCUT2D eigenvalue weighted by Gasteiger charge is -2.26. The van der Waals surface area contributed by atoms with E-state index in [4.69, 9.17) is 17.3 Å². The van der Waals surface area contributed by atoms with Gasteiger partial charge in [-0.05, 0) is 35.9 Å². The summed E-state index contributed by atoms with van der Waals surface area (Å²) in [6, 6.07) is 17.5. The first-order valence-electron chi connectivity index (χ1n) is 11.2. The lowest BCUT2D eigenvalue weighted by Crippen LogP contribution is -2.52. The maximum Gasteiger partial charge on any atom is 0.416 e. The highest BCUT2D eigenvalue weighted by Crippen LogP contribution is 2.33. The second-order valence-electron chi connectivity index (χ2n) is 8.32. The number of hydrogen-bond acceptors (Lipinski definition) is 5. The molecule has 0 fully saturated rings. The van der Waals surface area contributed by atoms with E-state index in [1.165, 1.54) is 17.0 Å². The number of rotatable bonds is 6. The van der Waals surface area contributed by atoms with E-state index >= 15 is 0 Å². The predicted octanol–water partition coefficient (Wildman–Crippen LogP) is 4.44. The number of aliphatic imine (C=N–C) groups is 1. The van der Waals surface area contributed by atoms with Crippen LogP contribution in [0.3, 0.4) is 0 Å². The molecule has 4 rings (SSSR count).